The Bertz CT molecular complexity index is 689. The lowest BCUT2D eigenvalue weighted by molar-refractivity contribution is 0.0486. The highest BCUT2D eigenvalue weighted by Gasteiger charge is 2.14. The number of carbonyl (C=O) groups excluding carboxylic acids is 1. The maximum Gasteiger partial charge on any atom is 0.374 e. The van der Waals surface area contributed by atoms with Crippen LogP contribution in [0.3, 0.4) is 0 Å². The molecule has 0 bridgehead atoms. The van der Waals surface area contributed by atoms with Gasteiger partial charge in [0.05, 0.1) is 13.7 Å². The van der Waals surface area contributed by atoms with E-state index in [9.17, 15) is 9.59 Å². The van der Waals surface area contributed by atoms with Crippen LogP contribution in [0.25, 0.3) is 0 Å². The maximum atomic E-state index is 11.9. The number of carbonyl (C=O) groups is 1. The first-order valence-corrected chi connectivity index (χ1v) is 6.26. The van der Waals surface area contributed by atoms with Crippen LogP contribution >= 0.6 is 0 Å². The van der Waals surface area contributed by atoms with Gasteiger partial charge < -0.3 is 18.6 Å². The van der Waals surface area contributed by atoms with Crippen molar-refractivity contribution in [2.75, 3.05) is 13.7 Å². The molecule has 0 N–H and O–H groups in total. The second-order valence-corrected chi connectivity index (χ2v) is 3.95. The Morgan fingerprint density at radius 1 is 1.19 bits per heavy atom. The first-order valence-electron chi connectivity index (χ1n) is 6.26. The molecule has 6 nitrogen and oxygen atoms in total. The van der Waals surface area contributed by atoms with E-state index in [0.29, 0.717) is 11.5 Å². The largest absolute Gasteiger partial charge is 0.493 e. The Kier molecular flexibility index (Phi) is 4.61. The summed E-state index contributed by atoms with van der Waals surface area (Å²) >= 11 is 0. The van der Waals surface area contributed by atoms with Crippen LogP contribution < -0.4 is 14.9 Å². The minimum absolute atomic E-state index is 0.0486. The molecule has 110 valence electrons. The molecule has 1 aromatic heterocycles. The summed E-state index contributed by atoms with van der Waals surface area (Å²) in [5, 5.41) is 0. The number of hydrogen-bond acceptors (Lipinski definition) is 6. The van der Waals surface area contributed by atoms with E-state index in [4.69, 9.17) is 18.6 Å². The van der Waals surface area contributed by atoms with Crippen molar-refractivity contribution in [1.29, 1.82) is 0 Å². The molecule has 0 amide bonds. The van der Waals surface area contributed by atoms with E-state index in [0.717, 1.165) is 12.3 Å². The first-order chi connectivity index (χ1) is 10.2. The third-order valence-corrected chi connectivity index (χ3v) is 2.56. The van der Waals surface area contributed by atoms with E-state index in [2.05, 4.69) is 0 Å². The number of methoxy groups -OCH3 is 1. The average Bonchev–Trinajstić information content (AvgIpc) is 2.50. The Balaban J connectivity index is 2.26. The number of benzene rings is 1. The highest BCUT2D eigenvalue weighted by molar-refractivity contribution is 5.86. The van der Waals surface area contributed by atoms with Crippen LogP contribution in [0.5, 0.6) is 17.2 Å². The van der Waals surface area contributed by atoms with Gasteiger partial charge in [0.2, 0.25) is 16.9 Å². The highest BCUT2D eigenvalue weighted by atomic mass is 16.5. The topological polar surface area (TPSA) is 75.0 Å². The molecule has 0 unspecified atom stereocenters. The number of esters is 1. The minimum Gasteiger partial charge on any atom is -0.493 e. The Morgan fingerprint density at radius 3 is 2.52 bits per heavy atom. The zero-order valence-electron chi connectivity index (χ0n) is 11.6. The molecule has 6 heteroatoms. The number of rotatable bonds is 5. The average molecular weight is 290 g/mol. The van der Waals surface area contributed by atoms with Crippen LogP contribution in [0, 0.1) is 0 Å². The van der Waals surface area contributed by atoms with Gasteiger partial charge in [-0.1, -0.05) is 12.1 Å². The fourth-order valence-corrected chi connectivity index (χ4v) is 1.60. The van der Waals surface area contributed by atoms with E-state index in [1.165, 1.54) is 7.11 Å². The lowest BCUT2D eigenvalue weighted by Crippen LogP contribution is -2.10. The van der Waals surface area contributed by atoms with E-state index < -0.39 is 11.4 Å². The third-order valence-electron chi connectivity index (χ3n) is 2.56. The summed E-state index contributed by atoms with van der Waals surface area (Å²) in [6, 6.07) is 7.90. The molecule has 0 saturated heterocycles. The molecule has 0 spiro atoms. The van der Waals surface area contributed by atoms with E-state index >= 15 is 0 Å². The summed E-state index contributed by atoms with van der Waals surface area (Å²) in [5.74, 6) is -0.0669. The molecule has 0 aliphatic heterocycles. The first kappa shape index (κ1) is 14.6. The van der Waals surface area contributed by atoms with Crippen LogP contribution in [0.15, 0.2) is 45.8 Å². The number of hydrogen-bond donors (Lipinski definition) is 0. The van der Waals surface area contributed by atoms with Crippen LogP contribution in [-0.2, 0) is 4.74 Å². The summed E-state index contributed by atoms with van der Waals surface area (Å²) in [6.45, 7) is 1.86. The molecule has 0 saturated carbocycles. The second kappa shape index (κ2) is 6.60. The molecule has 21 heavy (non-hydrogen) atoms. The van der Waals surface area contributed by atoms with Gasteiger partial charge in [-0.25, -0.2) is 4.79 Å². The molecule has 0 fully saturated rings. The fraction of sp³-hybridized carbons (Fsp3) is 0.200. The molecule has 1 heterocycles. The molecular formula is C15H14O6. The van der Waals surface area contributed by atoms with E-state index in [-0.39, 0.29) is 18.1 Å². The van der Waals surface area contributed by atoms with Crippen molar-refractivity contribution in [1.82, 2.24) is 0 Å². The predicted molar refractivity (Wildman–Crippen MR) is 74.0 cm³/mol. The zero-order chi connectivity index (χ0) is 15.2. The van der Waals surface area contributed by atoms with Gasteiger partial charge in [0, 0.05) is 6.07 Å². The number of ether oxygens (including phenoxy) is 3. The van der Waals surface area contributed by atoms with Gasteiger partial charge in [-0.3, -0.25) is 4.79 Å². The summed E-state index contributed by atoms with van der Waals surface area (Å²) in [6.07, 6.45) is 1.07. The molecular weight excluding hydrogens is 276 g/mol. The van der Waals surface area contributed by atoms with Crippen molar-refractivity contribution in [2.24, 2.45) is 0 Å². The Morgan fingerprint density at radius 2 is 1.90 bits per heavy atom. The summed E-state index contributed by atoms with van der Waals surface area (Å²) in [5.41, 5.74) is -0.491. The molecule has 2 rings (SSSR count). The SMILES string of the molecule is CCOC(=O)c1cc(=O)c(Oc2ccccc2OC)co1. The lowest BCUT2D eigenvalue weighted by atomic mass is 10.3. The molecule has 0 aliphatic carbocycles. The second-order valence-electron chi connectivity index (χ2n) is 3.95. The van der Waals surface area contributed by atoms with Crippen LogP contribution in [0.4, 0.5) is 0 Å². The van der Waals surface area contributed by atoms with Crippen molar-refractivity contribution in [3.05, 3.63) is 52.6 Å². The van der Waals surface area contributed by atoms with Gasteiger partial charge in [-0.05, 0) is 19.1 Å². The van der Waals surface area contributed by atoms with Gasteiger partial charge >= 0.3 is 5.97 Å². The van der Waals surface area contributed by atoms with Crippen LogP contribution in [0.2, 0.25) is 0 Å². The monoisotopic (exact) mass is 290 g/mol. The van der Waals surface area contributed by atoms with Crippen molar-refractivity contribution in [3.63, 3.8) is 0 Å². The van der Waals surface area contributed by atoms with Crippen molar-refractivity contribution in [2.45, 2.75) is 6.92 Å². The third kappa shape index (κ3) is 3.42. The van der Waals surface area contributed by atoms with Gasteiger partial charge in [-0.15, -0.1) is 0 Å². The number of para-hydroxylation sites is 2. The predicted octanol–water partition coefficient (Wildman–Crippen LogP) is 2.62. The Labute approximate surface area is 120 Å². The van der Waals surface area contributed by atoms with Crippen molar-refractivity contribution in [3.8, 4) is 17.2 Å². The van der Waals surface area contributed by atoms with E-state index in [1.807, 2.05) is 0 Å². The van der Waals surface area contributed by atoms with Gasteiger partial charge in [0.1, 0.15) is 6.26 Å². The van der Waals surface area contributed by atoms with Gasteiger partial charge in [0.15, 0.2) is 11.5 Å². The van der Waals surface area contributed by atoms with Gasteiger partial charge in [0.25, 0.3) is 0 Å². The molecule has 1 aromatic carbocycles. The summed E-state index contributed by atoms with van der Waals surface area (Å²) in [4.78, 5) is 23.4. The molecule has 2 aromatic rings. The zero-order valence-corrected chi connectivity index (χ0v) is 11.6. The normalized spacial score (nSPS) is 10.0. The van der Waals surface area contributed by atoms with Crippen LogP contribution in [0.1, 0.15) is 17.5 Å². The standard InChI is InChI=1S/C15H14O6/c1-3-19-15(17)13-8-10(16)14(9-20-13)21-12-7-5-4-6-11(12)18-2/h4-9H,3H2,1-2H3. The summed E-state index contributed by atoms with van der Waals surface area (Å²) < 4.78 is 20.4. The quantitative estimate of drug-likeness (QED) is 0.788. The lowest BCUT2D eigenvalue weighted by Gasteiger charge is -2.09. The Hall–Kier alpha value is -2.76. The maximum absolute atomic E-state index is 11.9. The van der Waals surface area contributed by atoms with Crippen LogP contribution in [-0.4, -0.2) is 19.7 Å². The van der Waals surface area contributed by atoms with E-state index in [1.54, 1.807) is 31.2 Å². The molecule has 0 aliphatic rings. The van der Waals surface area contributed by atoms with Crippen molar-refractivity contribution < 1.29 is 23.4 Å². The fourth-order valence-electron chi connectivity index (χ4n) is 1.60. The highest BCUT2D eigenvalue weighted by Crippen LogP contribution is 2.29. The molecule has 0 atom stereocenters. The summed E-state index contributed by atoms with van der Waals surface area (Å²) in [7, 11) is 1.49. The van der Waals surface area contributed by atoms with Crippen molar-refractivity contribution >= 4 is 5.97 Å². The minimum atomic E-state index is -0.696. The smallest absolute Gasteiger partial charge is 0.374 e. The van der Waals surface area contributed by atoms with Gasteiger partial charge in [-0.2, -0.15) is 0 Å². The molecule has 0 radical (unpaired) electrons.